The number of carbonyl (C=O) groups is 1. The smallest absolute Gasteiger partial charge is 0.318 e. The molecule has 6 N–H and O–H groups in total. The van der Waals surface area contributed by atoms with Gasteiger partial charge in [0.15, 0.2) is 0 Å². The van der Waals surface area contributed by atoms with Crippen molar-refractivity contribution in [3.05, 3.63) is 155 Å². The lowest BCUT2D eigenvalue weighted by Crippen LogP contribution is -2.43. The van der Waals surface area contributed by atoms with Crippen molar-refractivity contribution in [1.29, 1.82) is 0 Å². The number of hydrogen-bond donors (Lipinski definition) is 5. The SMILES string of the molecule is CC(N)c1ccccc1.CC(NC(=O)N1CCc2[nH]nc(-c3ccccc3)c2C1)c1ccccc1.c1ccc(-c2n[nH]c3c2CNCC3)cc1. The van der Waals surface area contributed by atoms with E-state index in [9.17, 15) is 4.79 Å². The molecule has 0 radical (unpaired) electrons. The van der Waals surface area contributed by atoms with Gasteiger partial charge in [0.25, 0.3) is 0 Å². The van der Waals surface area contributed by atoms with Gasteiger partial charge in [0, 0.05) is 72.2 Å². The predicted octanol–water partition coefficient (Wildman–Crippen LogP) is 7.33. The molecule has 0 saturated heterocycles. The maximum atomic E-state index is 12.7. The molecule has 8 rings (SSSR count). The standard InChI is InChI=1S/C21H22N4O.C12H13N3.C8H11N/c1-15(16-8-4-2-5-9-16)22-21(26)25-13-12-19-18(14-25)20(24-23-19)17-10-6-3-7-11-17;1-2-4-9(5-3-1)12-10-8-13-7-6-11(10)14-15-12;1-7(9)8-5-3-2-4-6-8/h2-11,15H,12-14H2,1H3,(H,22,26)(H,23,24);1-5,13H,6-8H2,(H,14,15);2-7H,9H2,1H3. The molecule has 9 heteroatoms. The molecule has 0 spiro atoms. The molecule has 0 bridgehead atoms. The third kappa shape index (κ3) is 8.55. The summed E-state index contributed by atoms with van der Waals surface area (Å²) in [6.45, 7) is 7.23. The Kier molecular flexibility index (Phi) is 11.5. The Labute approximate surface area is 294 Å². The van der Waals surface area contributed by atoms with E-state index in [-0.39, 0.29) is 18.1 Å². The number of urea groups is 1. The number of rotatable bonds is 5. The molecule has 2 aliphatic heterocycles. The van der Waals surface area contributed by atoms with Crippen LogP contribution in [-0.4, -0.2) is 44.4 Å². The number of nitrogens with zero attached hydrogens (tertiary/aromatic N) is 3. The zero-order valence-corrected chi connectivity index (χ0v) is 28.8. The highest BCUT2D eigenvalue weighted by molar-refractivity contribution is 5.76. The second kappa shape index (κ2) is 16.7. The quantitative estimate of drug-likeness (QED) is 0.132. The van der Waals surface area contributed by atoms with Crippen molar-refractivity contribution in [1.82, 2.24) is 35.9 Å². The number of fused-ring (bicyclic) bond motifs is 2. The second-order valence-corrected chi connectivity index (χ2v) is 12.7. The van der Waals surface area contributed by atoms with Crippen molar-refractivity contribution in [2.75, 3.05) is 13.1 Å². The Morgan fingerprint density at radius 3 is 1.74 bits per heavy atom. The minimum atomic E-state index is -0.0350. The molecule has 50 heavy (non-hydrogen) atoms. The fourth-order valence-electron chi connectivity index (χ4n) is 6.22. The van der Waals surface area contributed by atoms with Crippen LogP contribution in [0.15, 0.2) is 121 Å². The third-order valence-electron chi connectivity index (χ3n) is 9.09. The first-order valence-electron chi connectivity index (χ1n) is 17.3. The molecule has 0 saturated carbocycles. The van der Waals surface area contributed by atoms with Crippen LogP contribution >= 0.6 is 0 Å². The van der Waals surface area contributed by atoms with E-state index in [1.54, 1.807) is 0 Å². The van der Waals surface area contributed by atoms with E-state index < -0.39 is 0 Å². The zero-order chi connectivity index (χ0) is 34.7. The van der Waals surface area contributed by atoms with Gasteiger partial charge in [-0.3, -0.25) is 10.2 Å². The molecule has 0 aliphatic carbocycles. The highest BCUT2D eigenvalue weighted by Gasteiger charge is 2.26. The summed E-state index contributed by atoms with van der Waals surface area (Å²) in [7, 11) is 0. The zero-order valence-electron chi connectivity index (χ0n) is 28.8. The summed E-state index contributed by atoms with van der Waals surface area (Å²) in [5.74, 6) is 0. The van der Waals surface area contributed by atoms with E-state index in [1.807, 2.05) is 128 Å². The molecule has 4 heterocycles. The number of nitrogens with two attached hydrogens (primary N) is 1. The average molecular weight is 667 g/mol. The molecular formula is C41H46N8O. The van der Waals surface area contributed by atoms with Crippen molar-refractivity contribution in [2.24, 2.45) is 5.73 Å². The molecular weight excluding hydrogens is 621 g/mol. The molecule has 2 unspecified atom stereocenters. The van der Waals surface area contributed by atoms with E-state index >= 15 is 0 Å². The highest BCUT2D eigenvalue weighted by atomic mass is 16.2. The van der Waals surface area contributed by atoms with Crippen molar-refractivity contribution in [2.45, 2.75) is 51.9 Å². The Bertz CT molecular complexity index is 1920. The lowest BCUT2D eigenvalue weighted by atomic mass is 10.0. The van der Waals surface area contributed by atoms with E-state index in [2.05, 4.69) is 43.2 Å². The van der Waals surface area contributed by atoms with Gasteiger partial charge in [0.2, 0.25) is 0 Å². The van der Waals surface area contributed by atoms with Gasteiger partial charge in [0.05, 0.1) is 24.0 Å². The van der Waals surface area contributed by atoms with Gasteiger partial charge in [-0.15, -0.1) is 0 Å². The van der Waals surface area contributed by atoms with Crippen LogP contribution < -0.4 is 16.4 Å². The molecule has 2 aromatic heterocycles. The van der Waals surface area contributed by atoms with Gasteiger partial charge in [-0.25, -0.2) is 4.79 Å². The summed E-state index contributed by atoms with van der Waals surface area (Å²) < 4.78 is 0. The van der Waals surface area contributed by atoms with Gasteiger partial charge in [0.1, 0.15) is 0 Å². The molecule has 4 aromatic carbocycles. The first kappa shape index (κ1) is 34.4. The lowest BCUT2D eigenvalue weighted by molar-refractivity contribution is 0.189. The van der Waals surface area contributed by atoms with Gasteiger partial charge >= 0.3 is 6.03 Å². The maximum Gasteiger partial charge on any atom is 0.318 e. The van der Waals surface area contributed by atoms with Gasteiger partial charge < -0.3 is 21.3 Å². The van der Waals surface area contributed by atoms with Gasteiger partial charge in [-0.1, -0.05) is 121 Å². The summed E-state index contributed by atoms with van der Waals surface area (Å²) in [4.78, 5) is 14.6. The summed E-state index contributed by atoms with van der Waals surface area (Å²) in [5.41, 5.74) is 17.1. The molecule has 2 amide bonds. The molecule has 2 aliphatic rings. The van der Waals surface area contributed by atoms with Crippen molar-refractivity contribution in [3.63, 3.8) is 0 Å². The van der Waals surface area contributed by atoms with E-state index in [0.29, 0.717) is 13.1 Å². The maximum absolute atomic E-state index is 12.7. The molecule has 6 aromatic rings. The fraction of sp³-hybridized carbons (Fsp3) is 0.244. The molecule has 9 nitrogen and oxygen atoms in total. The monoisotopic (exact) mass is 666 g/mol. The van der Waals surface area contributed by atoms with Gasteiger partial charge in [-0.05, 0) is 25.0 Å². The van der Waals surface area contributed by atoms with E-state index in [0.717, 1.165) is 59.7 Å². The number of amides is 2. The Morgan fingerprint density at radius 1 is 0.700 bits per heavy atom. The largest absolute Gasteiger partial charge is 0.331 e. The van der Waals surface area contributed by atoms with Crippen molar-refractivity contribution >= 4 is 6.03 Å². The minimum absolute atomic E-state index is 0.0250. The van der Waals surface area contributed by atoms with Crippen molar-refractivity contribution < 1.29 is 4.79 Å². The number of H-pyrrole nitrogens is 2. The number of aromatic amines is 2. The van der Waals surface area contributed by atoms with Crippen LogP contribution in [0.4, 0.5) is 4.79 Å². The molecule has 256 valence electrons. The third-order valence-corrected chi connectivity index (χ3v) is 9.09. The van der Waals surface area contributed by atoms with Crippen LogP contribution in [0.3, 0.4) is 0 Å². The predicted molar refractivity (Wildman–Crippen MR) is 200 cm³/mol. The summed E-state index contributed by atoms with van der Waals surface area (Å²) in [5, 5.41) is 21.6. The Morgan fingerprint density at radius 2 is 1.20 bits per heavy atom. The van der Waals surface area contributed by atoms with Crippen LogP contribution in [0.1, 0.15) is 59.6 Å². The van der Waals surface area contributed by atoms with E-state index in [4.69, 9.17) is 5.73 Å². The molecule has 2 atom stereocenters. The van der Waals surface area contributed by atoms with E-state index in [1.165, 1.54) is 22.4 Å². The Balaban J connectivity index is 0.000000150. The normalized spacial score (nSPS) is 14.4. The number of carbonyl (C=O) groups excluding carboxylic acids is 1. The average Bonchev–Trinajstić information content (AvgIpc) is 3.81. The second-order valence-electron chi connectivity index (χ2n) is 12.7. The highest BCUT2D eigenvalue weighted by Crippen LogP contribution is 2.29. The van der Waals surface area contributed by atoms with Crippen LogP contribution in [0.2, 0.25) is 0 Å². The number of aromatic nitrogens is 4. The minimum Gasteiger partial charge on any atom is -0.331 e. The van der Waals surface area contributed by atoms with Crippen molar-refractivity contribution in [3.8, 4) is 22.5 Å². The lowest BCUT2D eigenvalue weighted by Gasteiger charge is -2.29. The van der Waals surface area contributed by atoms with Crippen LogP contribution in [0, 0.1) is 0 Å². The Hall–Kier alpha value is -5.51. The topological polar surface area (TPSA) is 128 Å². The fourth-order valence-corrected chi connectivity index (χ4v) is 6.22. The summed E-state index contributed by atoms with van der Waals surface area (Å²) in [6.07, 6.45) is 1.84. The van der Waals surface area contributed by atoms with Gasteiger partial charge in [-0.2, -0.15) is 10.2 Å². The first-order valence-corrected chi connectivity index (χ1v) is 17.3. The number of benzene rings is 4. The summed E-state index contributed by atoms with van der Waals surface area (Å²) >= 11 is 0. The molecule has 0 fully saturated rings. The number of nitrogens with one attached hydrogen (secondary N) is 4. The number of hydrogen-bond acceptors (Lipinski definition) is 5. The van der Waals surface area contributed by atoms with Crippen LogP contribution in [0.25, 0.3) is 22.5 Å². The summed E-state index contributed by atoms with van der Waals surface area (Å²) in [6, 6.07) is 40.6. The van der Waals surface area contributed by atoms with Crippen LogP contribution in [-0.2, 0) is 25.9 Å². The first-order chi connectivity index (χ1) is 24.5. The van der Waals surface area contributed by atoms with Crippen LogP contribution in [0.5, 0.6) is 0 Å².